The van der Waals surface area contributed by atoms with Crippen molar-refractivity contribution >= 4 is 43.5 Å². The number of pyridine rings is 3. The lowest BCUT2D eigenvalue weighted by Crippen LogP contribution is -2.20. The van der Waals surface area contributed by atoms with E-state index in [1.54, 1.807) is 24.7 Å². The van der Waals surface area contributed by atoms with Gasteiger partial charge in [0.05, 0.1) is 34.3 Å². The Hall–Kier alpha value is -5.08. The number of H-pyrrole nitrogens is 2. The molecule has 14 heteroatoms. The second-order valence-corrected chi connectivity index (χ2v) is 14.2. The highest BCUT2D eigenvalue weighted by Gasteiger charge is 2.22. The quantitative estimate of drug-likeness (QED) is 0.160. The van der Waals surface area contributed by atoms with Gasteiger partial charge in [-0.1, -0.05) is 19.3 Å². The standard InChI is InChI=1S/C33H32FN9O3S/c1-47(45,46)32(35)20-12-19(13-22(34)14-20)28-29-25(9-10-37-28)40-33(41-29)31-30-26(42-43-31)8-7-24(39-30)21-15-23(17-36-16-21)38-27(44)11-18-5-3-2-4-6-18/h7-10,12-18,32H,2-6,11,35H2,1H3,(H,38,44)(H,40,41)(H,42,43). The van der Waals surface area contributed by atoms with Crippen molar-refractivity contribution in [2.24, 2.45) is 11.7 Å². The number of amides is 1. The van der Waals surface area contributed by atoms with Crippen LogP contribution >= 0.6 is 0 Å². The van der Waals surface area contributed by atoms with Crippen LogP contribution in [0.25, 0.3) is 56.1 Å². The second kappa shape index (κ2) is 12.3. The van der Waals surface area contributed by atoms with E-state index in [0.717, 1.165) is 30.7 Å². The topological polar surface area (TPSA) is 185 Å². The third-order valence-corrected chi connectivity index (χ3v) is 9.73. The number of nitrogens with zero attached hydrogens (tertiary/aromatic N) is 5. The van der Waals surface area contributed by atoms with E-state index in [2.05, 4.69) is 30.5 Å². The maximum absolute atomic E-state index is 14.7. The second-order valence-electron chi connectivity index (χ2n) is 12.0. The first-order valence-electron chi connectivity index (χ1n) is 15.3. The summed E-state index contributed by atoms with van der Waals surface area (Å²) >= 11 is 0. The predicted molar refractivity (Wildman–Crippen MR) is 177 cm³/mol. The van der Waals surface area contributed by atoms with Gasteiger partial charge in [-0.15, -0.1) is 0 Å². The minimum absolute atomic E-state index is 0.0113. The van der Waals surface area contributed by atoms with Crippen LogP contribution in [-0.2, 0) is 14.6 Å². The van der Waals surface area contributed by atoms with Gasteiger partial charge in [0.25, 0.3) is 0 Å². The Morgan fingerprint density at radius 1 is 1.00 bits per heavy atom. The lowest BCUT2D eigenvalue weighted by molar-refractivity contribution is -0.117. The Balaban J connectivity index is 1.20. The summed E-state index contributed by atoms with van der Waals surface area (Å²) in [5.74, 6) is 0.168. The maximum Gasteiger partial charge on any atom is 0.224 e. The molecule has 5 heterocycles. The largest absolute Gasteiger partial charge is 0.336 e. The van der Waals surface area contributed by atoms with Gasteiger partial charge in [0.2, 0.25) is 5.91 Å². The minimum Gasteiger partial charge on any atom is -0.336 e. The molecule has 0 aliphatic heterocycles. The molecule has 0 radical (unpaired) electrons. The van der Waals surface area contributed by atoms with Gasteiger partial charge in [-0.05, 0) is 66.8 Å². The summed E-state index contributed by atoms with van der Waals surface area (Å²) in [6.07, 6.45) is 12.2. The number of hydrogen-bond donors (Lipinski definition) is 4. The van der Waals surface area contributed by atoms with Gasteiger partial charge in [-0.3, -0.25) is 19.9 Å². The van der Waals surface area contributed by atoms with Gasteiger partial charge < -0.3 is 16.0 Å². The number of rotatable bonds is 8. The molecule has 6 aromatic rings. The Labute approximate surface area is 269 Å². The highest BCUT2D eigenvalue weighted by atomic mass is 32.2. The molecule has 5 N–H and O–H groups in total. The van der Waals surface area contributed by atoms with Crippen LogP contribution in [-0.4, -0.2) is 55.7 Å². The molecule has 1 amide bonds. The number of aromatic nitrogens is 7. The van der Waals surface area contributed by atoms with Crippen LogP contribution in [0.4, 0.5) is 10.1 Å². The zero-order valence-electron chi connectivity index (χ0n) is 25.5. The van der Waals surface area contributed by atoms with E-state index < -0.39 is 21.0 Å². The number of carbonyl (C=O) groups excluding carboxylic acids is 1. The van der Waals surface area contributed by atoms with Crippen LogP contribution in [0.5, 0.6) is 0 Å². The Kier molecular flexibility index (Phi) is 7.98. The monoisotopic (exact) mass is 653 g/mol. The van der Waals surface area contributed by atoms with E-state index in [1.165, 1.54) is 31.4 Å². The third-order valence-electron chi connectivity index (χ3n) is 8.53. The van der Waals surface area contributed by atoms with Crippen molar-refractivity contribution in [2.75, 3.05) is 11.6 Å². The van der Waals surface area contributed by atoms with Gasteiger partial charge in [0.15, 0.2) is 21.4 Å². The molecule has 1 aliphatic carbocycles. The number of anilines is 1. The molecule has 1 aromatic carbocycles. The SMILES string of the molecule is CS(=O)(=O)C(N)c1cc(F)cc(-c2nccc3[nH]c(-c4n[nH]c5ccc(-c6cncc(NC(=O)CC7CCCCC7)c6)nc45)nc23)c1. The van der Waals surface area contributed by atoms with Crippen molar-refractivity contribution in [2.45, 2.75) is 43.9 Å². The number of benzene rings is 1. The molecule has 0 spiro atoms. The summed E-state index contributed by atoms with van der Waals surface area (Å²) in [7, 11) is -3.67. The number of imidazole rings is 1. The van der Waals surface area contributed by atoms with Crippen molar-refractivity contribution in [1.82, 2.24) is 35.1 Å². The average molecular weight is 654 g/mol. The molecule has 1 aliphatic rings. The zero-order valence-corrected chi connectivity index (χ0v) is 26.3. The summed E-state index contributed by atoms with van der Waals surface area (Å²) in [5, 5.41) is 9.06. The molecule has 1 saturated carbocycles. The molecular formula is C33H32FN9O3S. The van der Waals surface area contributed by atoms with E-state index >= 15 is 0 Å². The molecule has 1 unspecified atom stereocenters. The van der Waals surface area contributed by atoms with Crippen LogP contribution < -0.4 is 11.1 Å². The van der Waals surface area contributed by atoms with Crippen LogP contribution in [0, 0.1) is 11.7 Å². The molecule has 47 heavy (non-hydrogen) atoms. The van der Waals surface area contributed by atoms with Crippen molar-refractivity contribution < 1.29 is 17.6 Å². The van der Waals surface area contributed by atoms with Gasteiger partial charge >= 0.3 is 0 Å². The number of halogens is 1. The number of hydrogen-bond acceptors (Lipinski definition) is 9. The van der Waals surface area contributed by atoms with E-state index in [9.17, 15) is 17.6 Å². The van der Waals surface area contributed by atoms with E-state index in [-0.39, 0.29) is 11.5 Å². The van der Waals surface area contributed by atoms with Crippen molar-refractivity contribution in [3.05, 3.63) is 72.4 Å². The number of carbonyl (C=O) groups is 1. The van der Waals surface area contributed by atoms with Crippen molar-refractivity contribution in [3.63, 3.8) is 0 Å². The summed E-state index contributed by atoms with van der Waals surface area (Å²) in [6.45, 7) is 0. The number of nitrogens with two attached hydrogens (primary N) is 1. The predicted octanol–water partition coefficient (Wildman–Crippen LogP) is 5.68. The minimum atomic E-state index is -3.67. The molecule has 1 atom stereocenters. The number of sulfone groups is 1. The third kappa shape index (κ3) is 6.33. The van der Waals surface area contributed by atoms with Crippen LogP contribution in [0.1, 0.15) is 49.5 Å². The van der Waals surface area contributed by atoms with E-state index in [0.29, 0.717) is 68.6 Å². The Morgan fingerprint density at radius 3 is 2.62 bits per heavy atom. The highest BCUT2D eigenvalue weighted by Crippen LogP contribution is 2.33. The lowest BCUT2D eigenvalue weighted by Gasteiger charge is -2.20. The first kappa shape index (κ1) is 30.6. The van der Waals surface area contributed by atoms with Crippen LogP contribution in [0.15, 0.2) is 61.1 Å². The van der Waals surface area contributed by atoms with Gasteiger partial charge in [-0.25, -0.2) is 22.8 Å². The van der Waals surface area contributed by atoms with E-state index in [1.807, 2.05) is 18.2 Å². The molecule has 5 aromatic heterocycles. The van der Waals surface area contributed by atoms with E-state index in [4.69, 9.17) is 15.7 Å². The number of fused-ring (bicyclic) bond motifs is 2. The first-order chi connectivity index (χ1) is 22.6. The fraction of sp³-hybridized carbons (Fsp3) is 0.273. The molecule has 0 saturated heterocycles. The summed E-state index contributed by atoms with van der Waals surface area (Å²) < 4.78 is 38.8. The van der Waals surface area contributed by atoms with Gasteiger partial charge in [-0.2, -0.15) is 5.10 Å². The van der Waals surface area contributed by atoms with Crippen LogP contribution in [0.2, 0.25) is 0 Å². The van der Waals surface area contributed by atoms with Gasteiger partial charge in [0.1, 0.15) is 22.2 Å². The van der Waals surface area contributed by atoms with Crippen LogP contribution in [0.3, 0.4) is 0 Å². The summed E-state index contributed by atoms with van der Waals surface area (Å²) in [6, 6.07) is 11.1. The molecular weight excluding hydrogens is 621 g/mol. The Morgan fingerprint density at radius 2 is 1.81 bits per heavy atom. The van der Waals surface area contributed by atoms with Crippen molar-refractivity contribution in [3.8, 4) is 34.0 Å². The molecule has 7 rings (SSSR count). The fourth-order valence-electron chi connectivity index (χ4n) is 6.16. The lowest BCUT2D eigenvalue weighted by atomic mass is 9.87. The summed E-state index contributed by atoms with van der Waals surface area (Å²) in [5.41, 5.74) is 11.4. The summed E-state index contributed by atoms with van der Waals surface area (Å²) in [4.78, 5) is 34.4. The zero-order chi connectivity index (χ0) is 32.7. The first-order valence-corrected chi connectivity index (χ1v) is 17.3. The molecule has 1 fully saturated rings. The smallest absolute Gasteiger partial charge is 0.224 e. The molecule has 12 nitrogen and oxygen atoms in total. The number of aromatic amines is 2. The van der Waals surface area contributed by atoms with Gasteiger partial charge in [0, 0.05) is 36.2 Å². The molecule has 0 bridgehead atoms. The highest BCUT2D eigenvalue weighted by molar-refractivity contribution is 7.90. The average Bonchev–Trinajstić information content (AvgIpc) is 3.68. The Bertz CT molecular complexity index is 2240. The molecule has 240 valence electrons. The maximum atomic E-state index is 14.7. The fourth-order valence-corrected chi connectivity index (χ4v) is 6.79. The number of nitrogens with one attached hydrogen (secondary N) is 3. The normalized spacial score (nSPS) is 14.9. The van der Waals surface area contributed by atoms with Crippen molar-refractivity contribution in [1.29, 1.82) is 0 Å².